The van der Waals surface area contributed by atoms with Crippen molar-refractivity contribution in [3.05, 3.63) is 0 Å². The lowest BCUT2D eigenvalue weighted by molar-refractivity contribution is -0.150. The lowest BCUT2D eigenvalue weighted by Gasteiger charge is -2.42. The molecule has 0 aromatic carbocycles. The second-order valence-electron chi connectivity index (χ2n) is 6.65. The van der Waals surface area contributed by atoms with Crippen molar-refractivity contribution in [2.24, 2.45) is 5.41 Å². The topological polar surface area (TPSA) is 69.6 Å². The van der Waals surface area contributed by atoms with Gasteiger partial charge in [0.2, 0.25) is 0 Å². The normalized spacial score (nSPS) is 24.4. The van der Waals surface area contributed by atoms with Crippen molar-refractivity contribution in [2.45, 2.75) is 57.6 Å². The van der Waals surface area contributed by atoms with Crippen molar-refractivity contribution >= 4 is 23.8 Å². The van der Waals surface area contributed by atoms with Crippen LogP contribution in [0.2, 0.25) is 0 Å². The highest BCUT2D eigenvalue weighted by atomic mass is 32.2. The highest BCUT2D eigenvalue weighted by Gasteiger charge is 2.45. The number of carboxylic acids is 1. The summed E-state index contributed by atoms with van der Waals surface area (Å²) in [6.45, 7) is 12.4. The number of urea groups is 1. The van der Waals surface area contributed by atoms with Crippen LogP contribution in [0, 0.1) is 5.41 Å². The number of thioether (sulfide) groups is 1. The minimum absolute atomic E-state index is 0.177. The molecule has 0 saturated carbocycles. The van der Waals surface area contributed by atoms with Crippen LogP contribution in [0.15, 0.2) is 0 Å². The first kappa shape index (κ1) is 17.1. The molecule has 0 aromatic heterocycles. The van der Waals surface area contributed by atoms with E-state index in [2.05, 4.69) is 19.2 Å². The highest BCUT2D eigenvalue weighted by Crippen LogP contribution is 2.31. The first-order chi connectivity index (χ1) is 8.97. The monoisotopic (exact) mass is 302 g/mol. The molecule has 0 bridgehead atoms. The molecule has 0 aromatic rings. The summed E-state index contributed by atoms with van der Waals surface area (Å²) in [4.78, 5) is 25.5. The molecule has 1 aliphatic rings. The number of hydrogen-bond donors (Lipinski definition) is 2. The summed E-state index contributed by atoms with van der Waals surface area (Å²) in [5.74, 6) is -0.918. The van der Waals surface area contributed by atoms with Gasteiger partial charge in [-0.2, -0.15) is 11.8 Å². The summed E-state index contributed by atoms with van der Waals surface area (Å²) in [6, 6.07) is -0.177. The minimum atomic E-state index is -1.04. The van der Waals surface area contributed by atoms with Crippen molar-refractivity contribution in [3.63, 3.8) is 0 Å². The Labute approximate surface area is 125 Å². The van der Waals surface area contributed by atoms with Gasteiger partial charge < -0.3 is 15.3 Å². The van der Waals surface area contributed by atoms with E-state index in [1.165, 1.54) is 0 Å². The maximum Gasteiger partial charge on any atom is 0.317 e. The Kier molecular flexibility index (Phi) is 5.00. The molecular weight excluding hydrogens is 276 g/mol. The summed E-state index contributed by atoms with van der Waals surface area (Å²) in [6.07, 6.45) is 0. The Morgan fingerprint density at radius 2 is 1.60 bits per heavy atom. The summed E-state index contributed by atoms with van der Waals surface area (Å²) in [5.41, 5.74) is -1.86. The second-order valence-corrected chi connectivity index (χ2v) is 8.53. The predicted molar refractivity (Wildman–Crippen MR) is 82.1 cm³/mol. The third-order valence-electron chi connectivity index (χ3n) is 4.22. The maximum atomic E-state index is 12.4. The van der Waals surface area contributed by atoms with Gasteiger partial charge in [-0.25, -0.2) is 4.79 Å². The summed E-state index contributed by atoms with van der Waals surface area (Å²) in [7, 11) is 0. The zero-order valence-electron chi connectivity index (χ0n) is 13.2. The standard InChI is InChI=1S/C14H26N2O3S/c1-9-7-16(8-10(2)20-9)12(19)15-14(5,6)13(3,4)11(17)18/h9-10H,7-8H2,1-6H3,(H,15,19)(H,17,18). The average Bonchev–Trinajstić information content (AvgIpc) is 2.26. The smallest absolute Gasteiger partial charge is 0.317 e. The number of rotatable bonds is 3. The molecule has 0 spiro atoms. The van der Waals surface area contributed by atoms with E-state index in [0.717, 1.165) is 0 Å². The van der Waals surface area contributed by atoms with Crippen molar-refractivity contribution in [1.82, 2.24) is 10.2 Å². The van der Waals surface area contributed by atoms with Gasteiger partial charge in [0.05, 0.1) is 11.0 Å². The molecule has 0 radical (unpaired) electrons. The largest absolute Gasteiger partial charge is 0.481 e. The third-order valence-corrected chi connectivity index (χ3v) is 5.45. The van der Waals surface area contributed by atoms with Gasteiger partial charge in [0, 0.05) is 23.6 Å². The van der Waals surface area contributed by atoms with Crippen LogP contribution in [0.3, 0.4) is 0 Å². The second kappa shape index (κ2) is 5.84. The van der Waals surface area contributed by atoms with E-state index in [-0.39, 0.29) is 6.03 Å². The maximum absolute atomic E-state index is 12.4. The molecule has 1 rings (SSSR count). The van der Waals surface area contributed by atoms with Crippen LogP contribution in [0.25, 0.3) is 0 Å². The van der Waals surface area contributed by atoms with Gasteiger partial charge in [-0.1, -0.05) is 13.8 Å². The fraction of sp³-hybridized carbons (Fsp3) is 0.857. The van der Waals surface area contributed by atoms with Crippen molar-refractivity contribution in [3.8, 4) is 0 Å². The first-order valence-electron chi connectivity index (χ1n) is 6.93. The Morgan fingerprint density at radius 3 is 2.00 bits per heavy atom. The fourth-order valence-corrected chi connectivity index (χ4v) is 3.44. The van der Waals surface area contributed by atoms with E-state index in [1.807, 2.05) is 11.8 Å². The van der Waals surface area contributed by atoms with E-state index in [1.54, 1.807) is 32.6 Å². The van der Waals surface area contributed by atoms with Gasteiger partial charge >= 0.3 is 12.0 Å². The van der Waals surface area contributed by atoms with E-state index in [9.17, 15) is 14.7 Å². The molecule has 2 amide bonds. The van der Waals surface area contributed by atoms with Crippen molar-refractivity contribution in [1.29, 1.82) is 0 Å². The Hall–Kier alpha value is -0.910. The van der Waals surface area contributed by atoms with Crippen LogP contribution in [0.1, 0.15) is 41.5 Å². The molecular formula is C14H26N2O3S. The molecule has 2 unspecified atom stereocenters. The lowest BCUT2D eigenvalue weighted by atomic mass is 9.74. The SMILES string of the molecule is CC1CN(C(=O)NC(C)(C)C(C)(C)C(=O)O)CC(C)S1. The molecule has 0 aliphatic carbocycles. The lowest BCUT2D eigenvalue weighted by Crippen LogP contribution is -2.61. The van der Waals surface area contributed by atoms with Gasteiger partial charge in [-0.05, 0) is 27.7 Å². The van der Waals surface area contributed by atoms with E-state index >= 15 is 0 Å². The molecule has 1 saturated heterocycles. The van der Waals surface area contributed by atoms with Crippen LogP contribution in [-0.4, -0.2) is 51.1 Å². The number of hydrogen-bond acceptors (Lipinski definition) is 3. The summed E-state index contributed by atoms with van der Waals surface area (Å²) >= 11 is 1.88. The number of amides is 2. The molecule has 5 nitrogen and oxygen atoms in total. The Bertz CT molecular complexity index is 386. The molecule has 2 N–H and O–H groups in total. The number of nitrogens with zero attached hydrogens (tertiary/aromatic N) is 1. The van der Waals surface area contributed by atoms with Gasteiger partial charge in [0.1, 0.15) is 0 Å². The quantitative estimate of drug-likeness (QED) is 0.840. The number of carbonyl (C=O) groups is 2. The van der Waals surface area contributed by atoms with Crippen LogP contribution < -0.4 is 5.32 Å². The average molecular weight is 302 g/mol. The first-order valence-corrected chi connectivity index (χ1v) is 7.87. The van der Waals surface area contributed by atoms with Crippen LogP contribution in [0.5, 0.6) is 0 Å². The Morgan fingerprint density at radius 1 is 1.15 bits per heavy atom. The minimum Gasteiger partial charge on any atom is -0.481 e. The molecule has 1 aliphatic heterocycles. The Balaban J connectivity index is 2.77. The van der Waals surface area contributed by atoms with Crippen molar-refractivity contribution in [2.75, 3.05) is 13.1 Å². The number of nitrogens with one attached hydrogen (secondary N) is 1. The van der Waals surface area contributed by atoms with Crippen LogP contribution in [-0.2, 0) is 4.79 Å². The molecule has 1 fully saturated rings. The fourth-order valence-electron chi connectivity index (χ4n) is 2.11. The molecule has 2 atom stereocenters. The predicted octanol–water partition coefficient (Wildman–Crippen LogP) is 2.41. The van der Waals surface area contributed by atoms with E-state index < -0.39 is 16.9 Å². The molecule has 116 valence electrons. The van der Waals surface area contributed by atoms with E-state index in [0.29, 0.717) is 23.6 Å². The van der Waals surface area contributed by atoms with Gasteiger partial charge in [0.25, 0.3) is 0 Å². The van der Waals surface area contributed by atoms with Crippen LogP contribution in [0.4, 0.5) is 4.79 Å². The summed E-state index contributed by atoms with van der Waals surface area (Å²) in [5, 5.41) is 13.0. The molecule has 6 heteroatoms. The highest BCUT2D eigenvalue weighted by molar-refractivity contribution is 8.00. The number of aliphatic carboxylic acids is 1. The number of carbonyl (C=O) groups excluding carboxylic acids is 1. The summed E-state index contributed by atoms with van der Waals surface area (Å²) < 4.78 is 0. The van der Waals surface area contributed by atoms with Gasteiger partial charge in [0.15, 0.2) is 0 Å². The van der Waals surface area contributed by atoms with Crippen LogP contribution >= 0.6 is 11.8 Å². The molecule has 1 heterocycles. The zero-order valence-corrected chi connectivity index (χ0v) is 14.0. The van der Waals surface area contributed by atoms with E-state index in [4.69, 9.17) is 0 Å². The van der Waals surface area contributed by atoms with Crippen molar-refractivity contribution < 1.29 is 14.7 Å². The third kappa shape index (κ3) is 3.59. The molecule has 20 heavy (non-hydrogen) atoms. The van der Waals surface area contributed by atoms with Gasteiger partial charge in [-0.15, -0.1) is 0 Å². The van der Waals surface area contributed by atoms with Gasteiger partial charge in [-0.3, -0.25) is 4.79 Å². The zero-order chi connectivity index (χ0) is 15.7. The number of carboxylic acid groups (broad SMARTS) is 1.